The van der Waals surface area contributed by atoms with Crippen LogP contribution in [0, 0.1) is 11.6 Å². The summed E-state index contributed by atoms with van der Waals surface area (Å²) in [7, 11) is 0. The van der Waals surface area contributed by atoms with Crippen molar-refractivity contribution >= 4 is 17.2 Å². The number of aromatic nitrogens is 1. The molecular formula is C22H21F2N3OS. The van der Waals surface area contributed by atoms with Gasteiger partial charge in [0.1, 0.15) is 22.3 Å². The van der Waals surface area contributed by atoms with Gasteiger partial charge in [0.05, 0.1) is 6.54 Å². The van der Waals surface area contributed by atoms with Gasteiger partial charge in [-0.25, -0.2) is 13.8 Å². The molecule has 4 nitrogen and oxygen atoms in total. The predicted molar refractivity (Wildman–Crippen MR) is 108 cm³/mol. The third-order valence-corrected chi connectivity index (χ3v) is 5.53. The second kappa shape index (κ2) is 8.80. The number of carbonyl (C=O) groups is 1. The molecule has 1 N–H and O–H groups in total. The van der Waals surface area contributed by atoms with Crippen LogP contribution in [0.1, 0.15) is 39.5 Å². The van der Waals surface area contributed by atoms with Crippen molar-refractivity contribution in [2.75, 3.05) is 0 Å². The van der Waals surface area contributed by atoms with Gasteiger partial charge in [-0.15, -0.1) is 11.3 Å². The minimum absolute atomic E-state index is 0.126. The minimum atomic E-state index is -0.273. The van der Waals surface area contributed by atoms with Gasteiger partial charge in [0.15, 0.2) is 0 Å². The van der Waals surface area contributed by atoms with Crippen LogP contribution in [0.2, 0.25) is 0 Å². The van der Waals surface area contributed by atoms with Crippen LogP contribution in [0.4, 0.5) is 8.78 Å². The van der Waals surface area contributed by atoms with E-state index in [0.717, 1.165) is 29.0 Å². The SMILES string of the molecule is O=C(NC1CC1)c1csc(CN(Cc2ccc(F)cc2)Cc2ccc(F)cc2)n1. The minimum Gasteiger partial charge on any atom is -0.348 e. The van der Waals surface area contributed by atoms with Crippen LogP contribution in [0.3, 0.4) is 0 Å². The molecule has 1 fully saturated rings. The summed E-state index contributed by atoms with van der Waals surface area (Å²) >= 11 is 1.45. The molecule has 0 unspecified atom stereocenters. The highest BCUT2D eigenvalue weighted by atomic mass is 32.1. The summed E-state index contributed by atoms with van der Waals surface area (Å²) < 4.78 is 26.5. The Kier molecular flexibility index (Phi) is 5.97. The van der Waals surface area contributed by atoms with E-state index in [1.807, 2.05) is 0 Å². The van der Waals surface area contributed by atoms with Crippen molar-refractivity contribution in [2.45, 2.75) is 38.5 Å². The van der Waals surface area contributed by atoms with E-state index in [2.05, 4.69) is 15.2 Å². The number of hydrogen-bond acceptors (Lipinski definition) is 4. The van der Waals surface area contributed by atoms with Gasteiger partial charge in [0.2, 0.25) is 0 Å². The second-order valence-corrected chi connectivity index (χ2v) is 8.21. The fourth-order valence-corrected chi connectivity index (χ4v) is 3.85. The van der Waals surface area contributed by atoms with E-state index in [0.29, 0.717) is 31.4 Å². The lowest BCUT2D eigenvalue weighted by atomic mass is 10.1. The first kappa shape index (κ1) is 19.7. The molecule has 4 rings (SSSR count). The number of benzene rings is 2. The molecule has 0 saturated heterocycles. The number of thiazole rings is 1. The van der Waals surface area contributed by atoms with Gasteiger partial charge in [0.25, 0.3) is 5.91 Å². The molecule has 0 aliphatic heterocycles. The molecule has 0 spiro atoms. The molecule has 0 radical (unpaired) electrons. The quantitative estimate of drug-likeness (QED) is 0.591. The largest absolute Gasteiger partial charge is 0.348 e. The maximum atomic E-state index is 13.2. The molecule has 150 valence electrons. The van der Waals surface area contributed by atoms with Crippen molar-refractivity contribution in [1.29, 1.82) is 0 Å². The molecule has 3 aromatic rings. The first-order chi connectivity index (χ1) is 14.0. The lowest BCUT2D eigenvalue weighted by molar-refractivity contribution is 0.0946. The third kappa shape index (κ3) is 5.68. The Labute approximate surface area is 172 Å². The van der Waals surface area contributed by atoms with E-state index in [1.165, 1.54) is 35.6 Å². The molecule has 1 aromatic heterocycles. The van der Waals surface area contributed by atoms with E-state index in [4.69, 9.17) is 0 Å². The van der Waals surface area contributed by atoms with Gasteiger partial charge in [0, 0.05) is 24.5 Å². The number of carbonyl (C=O) groups excluding carboxylic acids is 1. The number of nitrogens with one attached hydrogen (secondary N) is 1. The Morgan fingerprint density at radius 3 is 2.03 bits per heavy atom. The zero-order chi connectivity index (χ0) is 20.2. The molecule has 1 aliphatic carbocycles. The molecule has 1 saturated carbocycles. The summed E-state index contributed by atoms with van der Waals surface area (Å²) in [6.45, 7) is 1.71. The average molecular weight is 413 g/mol. The second-order valence-electron chi connectivity index (χ2n) is 7.27. The summed E-state index contributed by atoms with van der Waals surface area (Å²) in [5.41, 5.74) is 2.38. The normalized spacial score (nSPS) is 13.6. The maximum absolute atomic E-state index is 13.2. The van der Waals surface area contributed by atoms with E-state index >= 15 is 0 Å². The zero-order valence-electron chi connectivity index (χ0n) is 15.8. The first-order valence-electron chi connectivity index (χ1n) is 9.52. The van der Waals surface area contributed by atoms with Gasteiger partial charge in [-0.2, -0.15) is 0 Å². The monoisotopic (exact) mass is 413 g/mol. The summed E-state index contributed by atoms with van der Waals surface area (Å²) in [6, 6.07) is 13.1. The van der Waals surface area contributed by atoms with E-state index in [9.17, 15) is 13.6 Å². The van der Waals surface area contributed by atoms with Crippen molar-refractivity contribution in [3.8, 4) is 0 Å². The van der Waals surface area contributed by atoms with Gasteiger partial charge < -0.3 is 5.32 Å². The van der Waals surface area contributed by atoms with Crippen LogP contribution in [0.15, 0.2) is 53.9 Å². The zero-order valence-corrected chi connectivity index (χ0v) is 16.6. The highest BCUT2D eigenvalue weighted by Gasteiger charge is 2.25. The number of halogens is 2. The standard InChI is InChI=1S/C22H21F2N3OS/c23-17-5-1-15(2-6-17)11-27(12-16-3-7-18(24)8-4-16)13-21-26-20(14-29-21)22(28)25-19-9-10-19/h1-8,14,19H,9-13H2,(H,25,28). The molecule has 1 aliphatic rings. The molecule has 2 aromatic carbocycles. The smallest absolute Gasteiger partial charge is 0.270 e. The van der Waals surface area contributed by atoms with E-state index < -0.39 is 0 Å². The van der Waals surface area contributed by atoms with Crippen LogP contribution in [-0.2, 0) is 19.6 Å². The Balaban J connectivity index is 1.47. The number of rotatable bonds is 8. The lowest BCUT2D eigenvalue weighted by Crippen LogP contribution is -2.26. The van der Waals surface area contributed by atoms with Crippen LogP contribution in [0.5, 0.6) is 0 Å². The van der Waals surface area contributed by atoms with Crippen molar-refractivity contribution in [2.24, 2.45) is 0 Å². The molecular weight excluding hydrogens is 392 g/mol. The molecule has 29 heavy (non-hydrogen) atoms. The maximum Gasteiger partial charge on any atom is 0.270 e. The van der Waals surface area contributed by atoms with Crippen LogP contribution >= 0.6 is 11.3 Å². The highest BCUT2D eigenvalue weighted by Crippen LogP contribution is 2.21. The van der Waals surface area contributed by atoms with E-state index in [-0.39, 0.29) is 17.5 Å². The third-order valence-electron chi connectivity index (χ3n) is 4.69. The molecule has 0 atom stereocenters. The predicted octanol–water partition coefficient (Wildman–Crippen LogP) is 4.52. The van der Waals surface area contributed by atoms with Gasteiger partial charge in [-0.05, 0) is 48.2 Å². The van der Waals surface area contributed by atoms with Crippen LogP contribution in [-0.4, -0.2) is 21.8 Å². The molecule has 7 heteroatoms. The van der Waals surface area contributed by atoms with Crippen LogP contribution in [0.25, 0.3) is 0 Å². The summed E-state index contributed by atoms with van der Waals surface area (Å²) in [5.74, 6) is -0.672. The molecule has 1 amide bonds. The average Bonchev–Trinajstić information content (AvgIpc) is 3.40. The molecule has 1 heterocycles. The van der Waals surface area contributed by atoms with Crippen molar-refractivity contribution in [3.63, 3.8) is 0 Å². The first-order valence-corrected chi connectivity index (χ1v) is 10.4. The lowest BCUT2D eigenvalue weighted by Gasteiger charge is -2.21. The fourth-order valence-electron chi connectivity index (χ4n) is 3.03. The summed E-state index contributed by atoms with van der Waals surface area (Å²) in [5, 5.41) is 5.56. The van der Waals surface area contributed by atoms with E-state index in [1.54, 1.807) is 29.6 Å². The van der Waals surface area contributed by atoms with Crippen molar-refractivity contribution in [3.05, 3.63) is 87.4 Å². The number of hydrogen-bond donors (Lipinski definition) is 1. The Hall–Kier alpha value is -2.64. The van der Waals surface area contributed by atoms with Gasteiger partial charge in [-0.3, -0.25) is 9.69 Å². The van der Waals surface area contributed by atoms with Crippen molar-refractivity contribution in [1.82, 2.24) is 15.2 Å². The highest BCUT2D eigenvalue weighted by molar-refractivity contribution is 7.09. The van der Waals surface area contributed by atoms with Crippen LogP contribution < -0.4 is 5.32 Å². The Morgan fingerprint density at radius 1 is 0.966 bits per heavy atom. The molecule has 0 bridgehead atoms. The summed E-state index contributed by atoms with van der Waals surface area (Å²) in [6.07, 6.45) is 2.07. The van der Waals surface area contributed by atoms with Crippen molar-refractivity contribution < 1.29 is 13.6 Å². The van der Waals surface area contributed by atoms with Gasteiger partial charge >= 0.3 is 0 Å². The fraction of sp³-hybridized carbons (Fsp3) is 0.273. The Morgan fingerprint density at radius 2 is 1.52 bits per heavy atom. The number of nitrogens with zero attached hydrogens (tertiary/aromatic N) is 2. The van der Waals surface area contributed by atoms with Gasteiger partial charge in [-0.1, -0.05) is 24.3 Å². The Bertz CT molecular complexity index is 921. The summed E-state index contributed by atoms with van der Waals surface area (Å²) in [4.78, 5) is 18.8. The topological polar surface area (TPSA) is 45.2 Å². The number of amides is 1.